The second-order valence-corrected chi connectivity index (χ2v) is 5.06. The van der Waals surface area contributed by atoms with Crippen LogP contribution in [-0.2, 0) is 9.53 Å². The van der Waals surface area contributed by atoms with E-state index in [0.29, 0.717) is 19.7 Å². The molecule has 0 aromatic rings. The Bertz CT molecular complexity index is 296. The fourth-order valence-corrected chi connectivity index (χ4v) is 2.34. The summed E-state index contributed by atoms with van der Waals surface area (Å²) in [5.74, 6) is -0.410. The number of thiocarbonyl (C=S) groups is 1. The van der Waals surface area contributed by atoms with Crippen LogP contribution in [0.25, 0.3) is 0 Å². The fourth-order valence-electron chi connectivity index (χ4n) is 1.96. The van der Waals surface area contributed by atoms with Crippen LogP contribution in [0.15, 0.2) is 0 Å². The van der Waals surface area contributed by atoms with Crippen LogP contribution in [0.4, 0.5) is 0 Å². The normalized spacial score (nSPS) is 22.6. The molecular weight excluding hydrogens is 240 g/mol. The molecule has 1 heterocycles. The molecule has 0 radical (unpaired) electrons. The zero-order valence-electron chi connectivity index (χ0n) is 10.3. The molecule has 0 bridgehead atoms. The quantitative estimate of drug-likeness (QED) is 0.683. The van der Waals surface area contributed by atoms with Gasteiger partial charge < -0.3 is 20.5 Å². The third-order valence-electron chi connectivity index (χ3n) is 2.89. The lowest BCUT2D eigenvalue weighted by Gasteiger charge is -2.35. The van der Waals surface area contributed by atoms with Gasteiger partial charge in [-0.05, 0) is 5.92 Å². The highest BCUT2D eigenvalue weighted by Gasteiger charge is 2.32. The summed E-state index contributed by atoms with van der Waals surface area (Å²) in [6.45, 7) is 5.14. The number of morpholine rings is 1. The summed E-state index contributed by atoms with van der Waals surface area (Å²) < 4.78 is 5.30. The Balaban J connectivity index is 2.70. The molecule has 1 aliphatic rings. The maximum absolute atomic E-state index is 12.3. The van der Waals surface area contributed by atoms with Crippen LogP contribution in [0.2, 0.25) is 0 Å². The largest absolute Gasteiger partial charge is 0.394 e. The maximum atomic E-state index is 12.3. The molecule has 1 aliphatic heterocycles. The predicted octanol–water partition coefficient (Wildman–Crippen LogP) is -0.236. The molecule has 0 saturated carbocycles. The van der Waals surface area contributed by atoms with E-state index in [-0.39, 0.29) is 29.5 Å². The first kappa shape index (κ1) is 14.3. The summed E-state index contributed by atoms with van der Waals surface area (Å²) in [5, 5.41) is 9.03. The molecule has 6 heteroatoms. The van der Waals surface area contributed by atoms with E-state index >= 15 is 0 Å². The Morgan fingerprint density at radius 2 is 2.29 bits per heavy atom. The van der Waals surface area contributed by atoms with Crippen molar-refractivity contribution in [3.63, 3.8) is 0 Å². The van der Waals surface area contributed by atoms with Gasteiger partial charge in [-0.2, -0.15) is 0 Å². The van der Waals surface area contributed by atoms with Crippen LogP contribution >= 0.6 is 12.2 Å². The minimum absolute atomic E-state index is 0.0609. The molecular formula is C11H20N2O3S. The standard InChI is InChI=1S/C11H20N2O3S/c1-7(2)9(10(12)17)11(15)13-3-4-16-8(5-13)6-14/h7-9,14H,3-6H2,1-2H3,(H2,12,17). The number of carbonyl (C=O) groups is 1. The smallest absolute Gasteiger partial charge is 0.232 e. The van der Waals surface area contributed by atoms with Gasteiger partial charge >= 0.3 is 0 Å². The number of aliphatic hydroxyl groups is 1. The molecule has 17 heavy (non-hydrogen) atoms. The lowest BCUT2D eigenvalue weighted by molar-refractivity contribution is -0.143. The minimum atomic E-state index is -0.428. The summed E-state index contributed by atoms with van der Waals surface area (Å²) in [6, 6.07) is 0. The van der Waals surface area contributed by atoms with Crippen molar-refractivity contribution >= 4 is 23.1 Å². The third-order valence-corrected chi connectivity index (χ3v) is 3.15. The van der Waals surface area contributed by atoms with Crippen LogP contribution in [-0.4, -0.2) is 53.3 Å². The van der Waals surface area contributed by atoms with Crippen molar-refractivity contribution in [2.75, 3.05) is 26.3 Å². The summed E-state index contributed by atoms with van der Waals surface area (Å²) in [7, 11) is 0. The number of hydrogen-bond donors (Lipinski definition) is 2. The van der Waals surface area contributed by atoms with Crippen LogP contribution < -0.4 is 5.73 Å². The average Bonchev–Trinajstić information content (AvgIpc) is 2.28. The predicted molar refractivity (Wildman–Crippen MR) is 68.5 cm³/mol. The first-order valence-electron chi connectivity index (χ1n) is 5.78. The highest BCUT2D eigenvalue weighted by atomic mass is 32.1. The number of nitrogens with two attached hydrogens (primary N) is 1. The van der Waals surface area contributed by atoms with Crippen molar-refractivity contribution in [2.24, 2.45) is 17.6 Å². The van der Waals surface area contributed by atoms with E-state index in [9.17, 15) is 4.79 Å². The van der Waals surface area contributed by atoms with Crippen LogP contribution in [0, 0.1) is 11.8 Å². The third kappa shape index (κ3) is 3.62. The van der Waals surface area contributed by atoms with E-state index in [0.717, 1.165) is 0 Å². The van der Waals surface area contributed by atoms with Gasteiger partial charge in [-0.25, -0.2) is 0 Å². The van der Waals surface area contributed by atoms with Gasteiger partial charge in [0.15, 0.2) is 0 Å². The molecule has 3 N–H and O–H groups in total. The molecule has 2 unspecified atom stereocenters. The van der Waals surface area contributed by atoms with Gasteiger partial charge in [0.05, 0.1) is 30.2 Å². The number of rotatable bonds is 4. The van der Waals surface area contributed by atoms with Crippen molar-refractivity contribution in [1.82, 2.24) is 4.90 Å². The molecule has 1 rings (SSSR count). The fraction of sp³-hybridized carbons (Fsp3) is 0.818. The van der Waals surface area contributed by atoms with E-state index in [4.69, 9.17) is 27.8 Å². The van der Waals surface area contributed by atoms with Crippen LogP contribution in [0.5, 0.6) is 0 Å². The molecule has 0 spiro atoms. The average molecular weight is 260 g/mol. The van der Waals surface area contributed by atoms with Crippen LogP contribution in [0.1, 0.15) is 13.8 Å². The monoisotopic (exact) mass is 260 g/mol. The first-order valence-corrected chi connectivity index (χ1v) is 6.18. The number of amides is 1. The molecule has 0 aromatic heterocycles. The number of nitrogens with zero attached hydrogens (tertiary/aromatic N) is 1. The van der Waals surface area contributed by atoms with Gasteiger partial charge in [-0.3, -0.25) is 4.79 Å². The number of carbonyl (C=O) groups excluding carboxylic acids is 1. The Kier molecular flexibility index (Phi) is 5.30. The summed E-state index contributed by atoms with van der Waals surface area (Å²) in [4.78, 5) is 14.2. The zero-order valence-corrected chi connectivity index (χ0v) is 11.1. The number of ether oxygens (including phenoxy) is 1. The van der Waals surface area contributed by atoms with Gasteiger partial charge in [0, 0.05) is 13.1 Å². The summed E-state index contributed by atoms with van der Waals surface area (Å²) in [5.41, 5.74) is 5.62. The van der Waals surface area contributed by atoms with Gasteiger partial charge in [0.1, 0.15) is 0 Å². The van der Waals surface area contributed by atoms with Crippen molar-refractivity contribution in [1.29, 1.82) is 0 Å². The molecule has 0 aromatic carbocycles. The van der Waals surface area contributed by atoms with Gasteiger partial charge in [-0.15, -0.1) is 0 Å². The summed E-state index contributed by atoms with van der Waals surface area (Å²) in [6.07, 6.45) is -0.299. The SMILES string of the molecule is CC(C)C(C(=O)N1CCOC(CO)C1)C(N)=S. The lowest BCUT2D eigenvalue weighted by atomic mass is 9.94. The molecule has 0 aliphatic carbocycles. The van der Waals surface area contributed by atoms with Gasteiger partial charge in [0.2, 0.25) is 5.91 Å². The summed E-state index contributed by atoms with van der Waals surface area (Å²) >= 11 is 4.95. The number of aliphatic hydroxyl groups excluding tert-OH is 1. The topological polar surface area (TPSA) is 75.8 Å². The van der Waals surface area contributed by atoms with E-state index in [1.54, 1.807) is 4.90 Å². The second-order valence-electron chi connectivity index (χ2n) is 4.58. The van der Waals surface area contributed by atoms with Crippen LogP contribution in [0.3, 0.4) is 0 Å². The lowest BCUT2D eigenvalue weighted by Crippen LogP contribution is -2.51. The Morgan fingerprint density at radius 1 is 1.65 bits per heavy atom. The highest BCUT2D eigenvalue weighted by molar-refractivity contribution is 7.80. The number of hydrogen-bond acceptors (Lipinski definition) is 4. The molecule has 1 saturated heterocycles. The Morgan fingerprint density at radius 3 is 2.76 bits per heavy atom. The van der Waals surface area contributed by atoms with E-state index < -0.39 is 5.92 Å². The Hall–Kier alpha value is -0.720. The second kappa shape index (κ2) is 6.28. The molecule has 5 nitrogen and oxygen atoms in total. The Labute approximate surface area is 107 Å². The van der Waals surface area contributed by atoms with E-state index in [1.165, 1.54) is 0 Å². The molecule has 1 amide bonds. The van der Waals surface area contributed by atoms with Crippen molar-refractivity contribution in [3.8, 4) is 0 Å². The zero-order chi connectivity index (χ0) is 13.0. The van der Waals surface area contributed by atoms with Gasteiger partial charge in [0.25, 0.3) is 0 Å². The molecule has 1 fully saturated rings. The first-order chi connectivity index (χ1) is 7.97. The maximum Gasteiger partial charge on any atom is 0.232 e. The van der Waals surface area contributed by atoms with E-state index in [2.05, 4.69) is 0 Å². The molecule has 2 atom stereocenters. The van der Waals surface area contributed by atoms with E-state index in [1.807, 2.05) is 13.8 Å². The van der Waals surface area contributed by atoms with Gasteiger partial charge in [-0.1, -0.05) is 26.1 Å². The molecule has 98 valence electrons. The van der Waals surface area contributed by atoms with Crippen molar-refractivity contribution in [2.45, 2.75) is 20.0 Å². The minimum Gasteiger partial charge on any atom is -0.394 e. The highest BCUT2D eigenvalue weighted by Crippen LogP contribution is 2.17. The van der Waals surface area contributed by atoms with Crippen molar-refractivity contribution < 1.29 is 14.6 Å². The van der Waals surface area contributed by atoms with Crippen molar-refractivity contribution in [3.05, 3.63) is 0 Å².